The quantitative estimate of drug-likeness (QED) is 0.362. The maximum absolute atomic E-state index is 11.2. The lowest BCUT2D eigenvalue weighted by atomic mass is 10.2. The number of nitrogens with zero attached hydrogens (tertiary/aromatic N) is 1. The summed E-state index contributed by atoms with van der Waals surface area (Å²) in [6, 6.07) is 0. The molecule has 0 rings (SSSR count). The number of carbonyl (C=O) groups is 1. The van der Waals surface area contributed by atoms with E-state index in [1.165, 1.54) is 0 Å². The Kier molecular flexibility index (Phi) is 14.3. The highest BCUT2D eigenvalue weighted by Crippen LogP contribution is 2.04. The first kappa shape index (κ1) is 19.4. The Morgan fingerprint density at radius 1 is 0.900 bits per heavy atom. The fraction of sp³-hybridized carbons (Fsp3) is 0.933. The molecular weight excluding hydrogens is 258 g/mol. The number of esters is 1. The summed E-state index contributed by atoms with van der Waals surface area (Å²) < 4.78 is 15.1. The predicted molar refractivity (Wildman–Crippen MR) is 79.9 cm³/mol. The van der Waals surface area contributed by atoms with Crippen molar-refractivity contribution in [1.82, 2.24) is 4.90 Å². The Bertz CT molecular complexity index is 224. The molecule has 0 aromatic carbocycles. The van der Waals surface area contributed by atoms with Gasteiger partial charge < -0.3 is 19.1 Å². The van der Waals surface area contributed by atoms with Crippen LogP contribution in [0.3, 0.4) is 0 Å². The van der Waals surface area contributed by atoms with Crippen LogP contribution in [0.4, 0.5) is 0 Å². The van der Waals surface area contributed by atoms with Gasteiger partial charge in [-0.05, 0) is 32.7 Å². The van der Waals surface area contributed by atoms with E-state index in [-0.39, 0.29) is 5.97 Å². The molecule has 5 heteroatoms. The molecule has 20 heavy (non-hydrogen) atoms. The second-order valence-corrected chi connectivity index (χ2v) is 4.80. The highest BCUT2D eigenvalue weighted by molar-refractivity contribution is 5.69. The van der Waals surface area contributed by atoms with E-state index in [2.05, 4.69) is 4.90 Å². The van der Waals surface area contributed by atoms with Gasteiger partial charge in [0.15, 0.2) is 0 Å². The van der Waals surface area contributed by atoms with E-state index >= 15 is 0 Å². The molecule has 0 saturated heterocycles. The topological polar surface area (TPSA) is 48.0 Å². The highest BCUT2D eigenvalue weighted by atomic mass is 16.5. The van der Waals surface area contributed by atoms with Crippen molar-refractivity contribution in [3.8, 4) is 0 Å². The standard InChI is InChI=1S/C15H31NO4/c1-4-20-15(17)9-6-5-7-10-16(12-14-19-3)11-8-13-18-2/h4-14H2,1-3H3. The van der Waals surface area contributed by atoms with Crippen molar-refractivity contribution in [1.29, 1.82) is 0 Å². The molecule has 0 aliphatic rings. The van der Waals surface area contributed by atoms with Crippen molar-refractivity contribution in [3.05, 3.63) is 0 Å². The predicted octanol–water partition coefficient (Wildman–Crippen LogP) is 2.09. The normalized spacial score (nSPS) is 11.0. The number of carbonyl (C=O) groups excluding carboxylic acids is 1. The summed E-state index contributed by atoms with van der Waals surface area (Å²) in [5, 5.41) is 0. The van der Waals surface area contributed by atoms with Crippen molar-refractivity contribution < 1.29 is 19.0 Å². The molecule has 0 spiro atoms. The van der Waals surface area contributed by atoms with E-state index in [0.29, 0.717) is 13.0 Å². The van der Waals surface area contributed by atoms with E-state index in [4.69, 9.17) is 14.2 Å². The van der Waals surface area contributed by atoms with Crippen LogP contribution >= 0.6 is 0 Å². The van der Waals surface area contributed by atoms with Crippen molar-refractivity contribution >= 4 is 5.97 Å². The minimum absolute atomic E-state index is 0.0798. The van der Waals surface area contributed by atoms with Gasteiger partial charge in [-0.25, -0.2) is 0 Å². The zero-order valence-corrected chi connectivity index (χ0v) is 13.4. The van der Waals surface area contributed by atoms with Gasteiger partial charge in [0.1, 0.15) is 0 Å². The molecule has 120 valence electrons. The van der Waals surface area contributed by atoms with Gasteiger partial charge >= 0.3 is 5.97 Å². The molecule has 0 fully saturated rings. The van der Waals surface area contributed by atoms with E-state index < -0.39 is 0 Å². The maximum atomic E-state index is 11.2. The zero-order valence-electron chi connectivity index (χ0n) is 13.4. The second-order valence-electron chi connectivity index (χ2n) is 4.80. The first-order valence-corrected chi connectivity index (χ1v) is 7.60. The lowest BCUT2D eigenvalue weighted by Crippen LogP contribution is -2.30. The zero-order chi connectivity index (χ0) is 15.1. The average molecular weight is 289 g/mol. The van der Waals surface area contributed by atoms with Crippen molar-refractivity contribution in [2.75, 3.05) is 53.7 Å². The van der Waals surface area contributed by atoms with Gasteiger partial charge in [0, 0.05) is 40.3 Å². The maximum Gasteiger partial charge on any atom is 0.305 e. The fourth-order valence-corrected chi connectivity index (χ4v) is 2.00. The van der Waals surface area contributed by atoms with Crippen LogP contribution in [-0.4, -0.2) is 64.5 Å². The summed E-state index contributed by atoms with van der Waals surface area (Å²) in [5.74, 6) is -0.0798. The second kappa shape index (κ2) is 14.8. The molecule has 0 amide bonds. The molecule has 0 aromatic rings. The summed E-state index contributed by atoms with van der Waals surface area (Å²) in [5.41, 5.74) is 0. The van der Waals surface area contributed by atoms with Gasteiger partial charge in [0.25, 0.3) is 0 Å². The van der Waals surface area contributed by atoms with Gasteiger partial charge in [0.05, 0.1) is 13.2 Å². The van der Waals surface area contributed by atoms with Gasteiger partial charge in [-0.15, -0.1) is 0 Å². The average Bonchev–Trinajstić information content (AvgIpc) is 2.44. The molecule has 0 aliphatic carbocycles. The van der Waals surface area contributed by atoms with Crippen LogP contribution in [0.25, 0.3) is 0 Å². The van der Waals surface area contributed by atoms with E-state index in [1.807, 2.05) is 6.92 Å². The van der Waals surface area contributed by atoms with Crippen molar-refractivity contribution in [2.24, 2.45) is 0 Å². The van der Waals surface area contributed by atoms with Crippen LogP contribution in [0.5, 0.6) is 0 Å². The molecule has 0 N–H and O–H groups in total. The number of methoxy groups -OCH3 is 2. The Morgan fingerprint density at radius 3 is 2.25 bits per heavy atom. The van der Waals surface area contributed by atoms with Crippen LogP contribution in [0.15, 0.2) is 0 Å². The minimum atomic E-state index is -0.0798. The number of unbranched alkanes of at least 4 members (excludes halogenated alkanes) is 2. The Balaban J connectivity index is 3.63. The van der Waals surface area contributed by atoms with Gasteiger partial charge in [-0.1, -0.05) is 6.42 Å². The van der Waals surface area contributed by atoms with Crippen molar-refractivity contribution in [3.63, 3.8) is 0 Å². The third-order valence-corrected chi connectivity index (χ3v) is 3.10. The van der Waals surface area contributed by atoms with Gasteiger partial charge in [-0.3, -0.25) is 4.79 Å². The SMILES string of the molecule is CCOC(=O)CCCCCN(CCCOC)CCOC. The summed E-state index contributed by atoms with van der Waals surface area (Å²) >= 11 is 0. The molecular formula is C15H31NO4. The Labute approximate surface area is 123 Å². The molecule has 0 saturated carbocycles. The molecule has 5 nitrogen and oxygen atoms in total. The number of rotatable bonds is 14. The lowest BCUT2D eigenvalue weighted by molar-refractivity contribution is -0.143. The molecule has 0 aromatic heterocycles. The first-order chi connectivity index (χ1) is 9.74. The third-order valence-electron chi connectivity index (χ3n) is 3.10. The number of hydrogen-bond acceptors (Lipinski definition) is 5. The molecule has 0 aliphatic heterocycles. The monoisotopic (exact) mass is 289 g/mol. The molecule has 0 heterocycles. The number of ether oxygens (including phenoxy) is 3. The van der Waals surface area contributed by atoms with Crippen LogP contribution in [0.1, 0.15) is 39.0 Å². The van der Waals surface area contributed by atoms with Crippen LogP contribution < -0.4 is 0 Å². The van der Waals surface area contributed by atoms with Crippen LogP contribution in [0.2, 0.25) is 0 Å². The fourth-order valence-electron chi connectivity index (χ4n) is 2.00. The Morgan fingerprint density at radius 2 is 1.60 bits per heavy atom. The van der Waals surface area contributed by atoms with E-state index in [0.717, 1.165) is 58.5 Å². The Hall–Kier alpha value is -0.650. The summed E-state index contributed by atoms with van der Waals surface area (Å²) in [6.07, 6.45) is 4.66. The van der Waals surface area contributed by atoms with Gasteiger partial charge in [0.2, 0.25) is 0 Å². The summed E-state index contributed by atoms with van der Waals surface area (Å²) in [6.45, 7) is 6.92. The molecule has 0 bridgehead atoms. The summed E-state index contributed by atoms with van der Waals surface area (Å²) in [7, 11) is 3.46. The largest absolute Gasteiger partial charge is 0.466 e. The smallest absolute Gasteiger partial charge is 0.305 e. The lowest BCUT2D eigenvalue weighted by Gasteiger charge is -2.21. The van der Waals surface area contributed by atoms with Crippen LogP contribution in [-0.2, 0) is 19.0 Å². The molecule has 0 atom stereocenters. The van der Waals surface area contributed by atoms with Crippen LogP contribution in [0, 0.1) is 0 Å². The van der Waals surface area contributed by atoms with Crippen molar-refractivity contribution in [2.45, 2.75) is 39.0 Å². The number of hydrogen-bond donors (Lipinski definition) is 0. The molecule has 0 radical (unpaired) electrons. The molecule has 0 unspecified atom stereocenters. The highest BCUT2D eigenvalue weighted by Gasteiger charge is 2.05. The summed E-state index contributed by atoms with van der Waals surface area (Å²) in [4.78, 5) is 13.6. The van der Waals surface area contributed by atoms with Gasteiger partial charge in [-0.2, -0.15) is 0 Å². The minimum Gasteiger partial charge on any atom is -0.466 e. The van der Waals surface area contributed by atoms with E-state index in [1.54, 1.807) is 14.2 Å². The first-order valence-electron chi connectivity index (χ1n) is 7.60. The van der Waals surface area contributed by atoms with E-state index in [9.17, 15) is 4.79 Å². The third kappa shape index (κ3) is 12.4.